The molecule has 3 nitrogen and oxygen atoms in total. The minimum atomic E-state index is -4.49. The summed E-state index contributed by atoms with van der Waals surface area (Å²) in [6.45, 7) is 1.39. The van der Waals surface area contributed by atoms with Crippen LogP contribution < -0.4 is 5.32 Å². The lowest BCUT2D eigenvalue weighted by Crippen LogP contribution is -2.38. The van der Waals surface area contributed by atoms with Crippen LogP contribution in [0.5, 0.6) is 0 Å². The van der Waals surface area contributed by atoms with E-state index in [2.05, 4.69) is 5.32 Å². The second kappa shape index (κ2) is 7.55. The fraction of sp³-hybridized carbons (Fsp3) is 0.278. The van der Waals surface area contributed by atoms with E-state index in [1.807, 2.05) is 0 Å². The van der Waals surface area contributed by atoms with E-state index in [-0.39, 0.29) is 12.1 Å². The van der Waals surface area contributed by atoms with Gasteiger partial charge in [-0.15, -0.1) is 0 Å². The first kappa shape index (κ1) is 18.8. The molecule has 0 spiro atoms. The number of nitrogens with one attached hydrogen (secondary N) is 1. The first-order valence-corrected chi connectivity index (χ1v) is 7.61. The van der Waals surface area contributed by atoms with E-state index in [0.29, 0.717) is 5.56 Å². The molecule has 0 saturated carbocycles. The topological polar surface area (TPSA) is 32.3 Å². The standard InChI is InChI=1S/C18H18F4N2O/c1-12(14-8-4-6-10-16(14)19)23-17(25)24(2)11-13-7-3-5-9-15(13)18(20,21)22/h3-10,12H,11H2,1-2H3,(H,23,25)/t12-/m1/s1. The Labute approximate surface area is 143 Å². The molecule has 0 aromatic heterocycles. The van der Waals surface area contributed by atoms with Gasteiger partial charge in [0.2, 0.25) is 0 Å². The maximum absolute atomic E-state index is 13.7. The van der Waals surface area contributed by atoms with Gasteiger partial charge >= 0.3 is 12.2 Å². The van der Waals surface area contributed by atoms with Crippen molar-refractivity contribution in [1.82, 2.24) is 10.2 Å². The number of rotatable bonds is 4. The lowest BCUT2D eigenvalue weighted by atomic mass is 10.1. The Morgan fingerprint density at radius 1 is 1.12 bits per heavy atom. The molecule has 0 radical (unpaired) electrons. The highest BCUT2D eigenvalue weighted by atomic mass is 19.4. The number of carbonyl (C=O) groups excluding carboxylic acids is 1. The molecular weight excluding hydrogens is 336 g/mol. The van der Waals surface area contributed by atoms with Gasteiger partial charge in [-0.3, -0.25) is 0 Å². The first-order valence-electron chi connectivity index (χ1n) is 7.61. The van der Waals surface area contributed by atoms with E-state index in [1.165, 1.54) is 37.4 Å². The zero-order valence-corrected chi connectivity index (χ0v) is 13.8. The molecule has 0 saturated heterocycles. The van der Waals surface area contributed by atoms with Crippen LogP contribution in [0.2, 0.25) is 0 Å². The zero-order valence-electron chi connectivity index (χ0n) is 13.8. The lowest BCUT2D eigenvalue weighted by Gasteiger charge is -2.23. The second-order valence-electron chi connectivity index (χ2n) is 5.70. The molecule has 0 bridgehead atoms. The summed E-state index contributed by atoms with van der Waals surface area (Å²) < 4.78 is 52.8. The van der Waals surface area contributed by atoms with Crippen molar-refractivity contribution in [2.45, 2.75) is 25.7 Å². The van der Waals surface area contributed by atoms with Crippen LogP contribution in [0, 0.1) is 5.82 Å². The van der Waals surface area contributed by atoms with Crippen LogP contribution in [0.25, 0.3) is 0 Å². The fourth-order valence-corrected chi connectivity index (χ4v) is 2.46. The molecule has 2 aromatic carbocycles. The van der Waals surface area contributed by atoms with Gasteiger partial charge in [0, 0.05) is 19.2 Å². The van der Waals surface area contributed by atoms with Crippen LogP contribution >= 0.6 is 0 Å². The number of carbonyl (C=O) groups is 1. The Balaban J connectivity index is 2.08. The largest absolute Gasteiger partial charge is 0.416 e. The van der Waals surface area contributed by atoms with E-state index < -0.39 is 29.6 Å². The van der Waals surface area contributed by atoms with Gasteiger partial charge in [-0.25, -0.2) is 9.18 Å². The minimum absolute atomic E-state index is 0.00815. The quantitative estimate of drug-likeness (QED) is 0.790. The zero-order chi connectivity index (χ0) is 18.6. The summed E-state index contributed by atoms with van der Waals surface area (Å²) in [6, 6.07) is 9.88. The monoisotopic (exact) mass is 354 g/mol. The summed E-state index contributed by atoms with van der Waals surface area (Å²) in [5, 5.41) is 2.58. The summed E-state index contributed by atoms with van der Waals surface area (Å²) in [4.78, 5) is 13.3. The molecule has 0 fully saturated rings. The maximum Gasteiger partial charge on any atom is 0.416 e. The summed E-state index contributed by atoms with van der Waals surface area (Å²) >= 11 is 0. The van der Waals surface area contributed by atoms with Crippen LogP contribution in [0.15, 0.2) is 48.5 Å². The second-order valence-corrected chi connectivity index (χ2v) is 5.70. The Kier molecular flexibility index (Phi) is 5.66. The lowest BCUT2D eigenvalue weighted by molar-refractivity contribution is -0.138. The van der Waals surface area contributed by atoms with Gasteiger partial charge in [0.25, 0.3) is 0 Å². The normalized spacial score (nSPS) is 12.6. The maximum atomic E-state index is 13.7. The highest BCUT2D eigenvalue weighted by Gasteiger charge is 2.33. The van der Waals surface area contributed by atoms with Crippen LogP contribution in [0.4, 0.5) is 22.4 Å². The van der Waals surface area contributed by atoms with Gasteiger partial charge in [-0.2, -0.15) is 13.2 Å². The molecular formula is C18H18F4N2O. The van der Waals surface area contributed by atoms with E-state index in [9.17, 15) is 22.4 Å². The third kappa shape index (κ3) is 4.71. The van der Waals surface area contributed by atoms with Crippen molar-refractivity contribution < 1.29 is 22.4 Å². The molecule has 0 heterocycles. The molecule has 0 aliphatic carbocycles. The van der Waals surface area contributed by atoms with Gasteiger partial charge in [-0.1, -0.05) is 36.4 Å². The van der Waals surface area contributed by atoms with Gasteiger partial charge in [0.05, 0.1) is 11.6 Å². The minimum Gasteiger partial charge on any atom is -0.331 e. The summed E-state index contributed by atoms with van der Waals surface area (Å²) in [7, 11) is 1.39. The van der Waals surface area contributed by atoms with Crippen molar-refractivity contribution in [2.75, 3.05) is 7.05 Å². The highest BCUT2D eigenvalue weighted by molar-refractivity contribution is 5.74. The highest BCUT2D eigenvalue weighted by Crippen LogP contribution is 2.32. The molecule has 134 valence electrons. The smallest absolute Gasteiger partial charge is 0.331 e. The number of hydrogen-bond donors (Lipinski definition) is 1. The van der Waals surface area contributed by atoms with Crippen molar-refractivity contribution in [2.24, 2.45) is 0 Å². The van der Waals surface area contributed by atoms with Crippen molar-refractivity contribution in [3.63, 3.8) is 0 Å². The van der Waals surface area contributed by atoms with E-state index in [0.717, 1.165) is 11.0 Å². The average Bonchev–Trinajstić information content (AvgIpc) is 2.54. The fourth-order valence-electron chi connectivity index (χ4n) is 2.46. The van der Waals surface area contributed by atoms with Crippen molar-refractivity contribution in [1.29, 1.82) is 0 Å². The predicted molar refractivity (Wildman–Crippen MR) is 86.3 cm³/mol. The summed E-state index contributed by atoms with van der Waals surface area (Å²) in [5.41, 5.74) is -0.483. The average molecular weight is 354 g/mol. The van der Waals surface area contributed by atoms with Crippen molar-refractivity contribution in [3.8, 4) is 0 Å². The van der Waals surface area contributed by atoms with Crippen LogP contribution in [-0.2, 0) is 12.7 Å². The Morgan fingerprint density at radius 3 is 2.36 bits per heavy atom. The Bertz CT molecular complexity index is 746. The van der Waals surface area contributed by atoms with Crippen LogP contribution in [-0.4, -0.2) is 18.0 Å². The molecule has 1 atom stereocenters. The number of benzene rings is 2. The summed E-state index contributed by atoms with van der Waals surface area (Å²) in [6.07, 6.45) is -4.49. The third-order valence-electron chi connectivity index (χ3n) is 3.79. The molecule has 0 aliphatic rings. The van der Waals surface area contributed by atoms with E-state index in [4.69, 9.17) is 0 Å². The summed E-state index contributed by atoms with van der Waals surface area (Å²) in [5.74, 6) is -0.458. The number of amides is 2. The van der Waals surface area contributed by atoms with E-state index in [1.54, 1.807) is 19.1 Å². The number of alkyl halides is 3. The molecule has 25 heavy (non-hydrogen) atoms. The molecule has 0 unspecified atom stereocenters. The van der Waals surface area contributed by atoms with Crippen LogP contribution in [0.1, 0.15) is 29.7 Å². The predicted octanol–water partition coefficient (Wildman–Crippen LogP) is 4.75. The third-order valence-corrected chi connectivity index (χ3v) is 3.79. The number of hydrogen-bond acceptors (Lipinski definition) is 1. The van der Waals surface area contributed by atoms with Crippen molar-refractivity contribution >= 4 is 6.03 Å². The Morgan fingerprint density at radius 2 is 1.72 bits per heavy atom. The number of halogens is 4. The SMILES string of the molecule is C[C@@H](NC(=O)N(C)Cc1ccccc1C(F)(F)F)c1ccccc1F. The van der Waals surface area contributed by atoms with Gasteiger partial charge in [0.1, 0.15) is 5.82 Å². The van der Waals surface area contributed by atoms with Gasteiger partial charge < -0.3 is 10.2 Å². The number of nitrogens with zero attached hydrogens (tertiary/aromatic N) is 1. The molecule has 0 aliphatic heterocycles. The van der Waals surface area contributed by atoms with Gasteiger partial charge in [0.15, 0.2) is 0 Å². The van der Waals surface area contributed by atoms with Crippen LogP contribution in [0.3, 0.4) is 0 Å². The molecule has 2 amide bonds. The van der Waals surface area contributed by atoms with Gasteiger partial charge in [-0.05, 0) is 24.6 Å². The molecule has 7 heteroatoms. The Hall–Kier alpha value is -2.57. The molecule has 2 rings (SSSR count). The molecule has 1 N–H and O–H groups in total. The van der Waals surface area contributed by atoms with E-state index >= 15 is 0 Å². The molecule has 2 aromatic rings. The first-order chi connectivity index (χ1) is 11.7. The van der Waals surface area contributed by atoms with Crippen molar-refractivity contribution in [3.05, 3.63) is 71.0 Å². The number of urea groups is 1.